The predicted octanol–water partition coefficient (Wildman–Crippen LogP) is 2.88. The van der Waals surface area contributed by atoms with Crippen LogP contribution >= 0.6 is 0 Å². The topological polar surface area (TPSA) is 44.5 Å². The van der Waals surface area contributed by atoms with Gasteiger partial charge in [0.15, 0.2) is 0 Å². The van der Waals surface area contributed by atoms with Crippen molar-refractivity contribution < 1.29 is 22.6 Å². The third-order valence-electron chi connectivity index (χ3n) is 2.69. The summed E-state index contributed by atoms with van der Waals surface area (Å²) < 4.78 is 44.8. The lowest BCUT2D eigenvalue weighted by Gasteiger charge is -2.16. The Hall–Kier alpha value is -1.27. The van der Waals surface area contributed by atoms with Gasteiger partial charge in [0, 0.05) is 13.2 Å². The SMILES string of the molecule is COC(C)CC(N)Cc1ccc(OC(F)(F)F)cc1. The van der Waals surface area contributed by atoms with Gasteiger partial charge in [0.05, 0.1) is 6.10 Å². The van der Waals surface area contributed by atoms with E-state index in [1.54, 1.807) is 19.2 Å². The predicted molar refractivity (Wildman–Crippen MR) is 65.9 cm³/mol. The van der Waals surface area contributed by atoms with Crippen molar-refractivity contribution in [1.82, 2.24) is 0 Å². The molecule has 3 nitrogen and oxygen atoms in total. The Morgan fingerprint density at radius 1 is 1.21 bits per heavy atom. The van der Waals surface area contributed by atoms with Crippen molar-refractivity contribution in [3.05, 3.63) is 29.8 Å². The molecule has 0 aromatic heterocycles. The van der Waals surface area contributed by atoms with Crippen LogP contribution in [0.5, 0.6) is 5.75 Å². The zero-order valence-corrected chi connectivity index (χ0v) is 10.9. The molecule has 0 saturated carbocycles. The van der Waals surface area contributed by atoms with Gasteiger partial charge in [0.1, 0.15) is 5.75 Å². The highest BCUT2D eigenvalue weighted by molar-refractivity contribution is 5.27. The summed E-state index contributed by atoms with van der Waals surface area (Å²) in [5.74, 6) is -0.227. The summed E-state index contributed by atoms with van der Waals surface area (Å²) in [7, 11) is 1.61. The van der Waals surface area contributed by atoms with E-state index in [9.17, 15) is 13.2 Å². The van der Waals surface area contributed by atoms with E-state index in [1.807, 2.05) is 6.92 Å². The van der Waals surface area contributed by atoms with Gasteiger partial charge in [-0.3, -0.25) is 0 Å². The monoisotopic (exact) mass is 277 g/mol. The van der Waals surface area contributed by atoms with Crippen LogP contribution in [-0.4, -0.2) is 25.6 Å². The van der Waals surface area contributed by atoms with Gasteiger partial charge in [0.2, 0.25) is 0 Å². The molecule has 1 aromatic rings. The molecule has 2 N–H and O–H groups in total. The zero-order valence-electron chi connectivity index (χ0n) is 10.9. The standard InChI is InChI=1S/C13H18F3NO2/c1-9(18-2)7-11(17)8-10-3-5-12(6-4-10)19-13(14,15)16/h3-6,9,11H,7-8,17H2,1-2H3. The van der Waals surface area contributed by atoms with Crippen LogP contribution in [0.2, 0.25) is 0 Å². The van der Waals surface area contributed by atoms with Gasteiger partial charge in [-0.25, -0.2) is 0 Å². The average Bonchev–Trinajstić information content (AvgIpc) is 2.29. The van der Waals surface area contributed by atoms with Crippen LogP contribution in [0.1, 0.15) is 18.9 Å². The van der Waals surface area contributed by atoms with Crippen LogP contribution in [0.3, 0.4) is 0 Å². The van der Waals surface area contributed by atoms with E-state index in [0.717, 1.165) is 5.56 Å². The molecule has 1 aromatic carbocycles. The van der Waals surface area contributed by atoms with Crippen LogP contribution in [0.4, 0.5) is 13.2 Å². The molecule has 0 spiro atoms. The second kappa shape index (κ2) is 6.77. The third kappa shape index (κ3) is 6.45. The van der Waals surface area contributed by atoms with Gasteiger partial charge >= 0.3 is 6.36 Å². The minimum absolute atomic E-state index is 0.0582. The molecule has 0 aliphatic carbocycles. The molecule has 0 amide bonds. The van der Waals surface area contributed by atoms with E-state index in [4.69, 9.17) is 10.5 Å². The highest BCUT2D eigenvalue weighted by Crippen LogP contribution is 2.23. The summed E-state index contributed by atoms with van der Waals surface area (Å²) in [6.45, 7) is 1.92. The van der Waals surface area contributed by atoms with E-state index in [1.165, 1.54) is 12.1 Å². The molecule has 108 valence electrons. The van der Waals surface area contributed by atoms with Crippen molar-refractivity contribution >= 4 is 0 Å². The molecule has 0 fully saturated rings. The summed E-state index contributed by atoms with van der Waals surface area (Å²) in [6, 6.07) is 5.64. The molecule has 19 heavy (non-hydrogen) atoms. The second-order valence-electron chi connectivity index (χ2n) is 4.44. The van der Waals surface area contributed by atoms with Crippen LogP contribution < -0.4 is 10.5 Å². The molecule has 2 unspecified atom stereocenters. The first-order valence-corrected chi connectivity index (χ1v) is 5.93. The van der Waals surface area contributed by atoms with Crippen molar-refractivity contribution in [2.75, 3.05) is 7.11 Å². The van der Waals surface area contributed by atoms with Crippen molar-refractivity contribution in [2.24, 2.45) is 5.73 Å². The fraction of sp³-hybridized carbons (Fsp3) is 0.538. The number of halogens is 3. The number of benzene rings is 1. The van der Waals surface area contributed by atoms with Crippen molar-refractivity contribution in [2.45, 2.75) is 38.3 Å². The van der Waals surface area contributed by atoms with Crippen LogP contribution in [0.15, 0.2) is 24.3 Å². The summed E-state index contributed by atoms with van der Waals surface area (Å²) in [5.41, 5.74) is 6.80. The number of hydrogen-bond donors (Lipinski definition) is 1. The van der Waals surface area contributed by atoms with Crippen molar-refractivity contribution in [1.29, 1.82) is 0 Å². The third-order valence-corrected chi connectivity index (χ3v) is 2.69. The number of methoxy groups -OCH3 is 1. The Kier molecular flexibility index (Phi) is 5.62. The van der Waals surface area contributed by atoms with E-state index in [-0.39, 0.29) is 17.9 Å². The number of alkyl halides is 3. The molecular weight excluding hydrogens is 259 g/mol. The first-order chi connectivity index (χ1) is 8.80. The van der Waals surface area contributed by atoms with Gasteiger partial charge < -0.3 is 15.2 Å². The number of hydrogen-bond acceptors (Lipinski definition) is 3. The number of ether oxygens (including phenoxy) is 2. The summed E-state index contributed by atoms with van der Waals surface area (Å²) in [6.07, 6.45) is -3.33. The molecule has 0 saturated heterocycles. The lowest BCUT2D eigenvalue weighted by atomic mass is 10.0. The highest BCUT2D eigenvalue weighted by atomic mass is 19.4. The van der Waals surface area contributed by atoms with E-state index < -0.39 is 6.36 Å². The number of nitrogens with two attached hydrogens (primary N) is 1. The van der Waals surface area contributed by atoms with Gasteiger partial charge in [-0.2, -0.15) is 0 Å². The first-order valence-electron chi connectivity index (χ1n) is 5.93. The van der Waals surface area contributed by atoms with E-state index >= 15 is 0 Å². The van der Waals surface area contributed by atoms with E-state index in [0.29, 0.717) is 12.8 Å². The Labute approximate surface area is 110 Å². The van der Waals surface area contributed by atoms with Crippen molar-refractivity contribution in [3.8, 4) is 5.75 Å². The Balaban J connectivity index is 2.52. The minimum Gasteiger partial charge on any atom is -0.406 e. The van der Waals surface area contributed by atoms with E-state index in [2.05, 4.69) is 4.74 Å². The summed E-state index contributed by atoms with van der Waals surface area (Å²) in [5, 5.41) is 0. The smallest absolute Gasteiger partial charge is 0.406 e. The van der Waals surface area contributed by atoms with Gasteiger partial charge in [0.25, 0.3) is 0 Å². The highest BCUT2D eigenvalue weighted by Gasteiger charge is 2.30. The summed E-state index contributed by atoms with van der Waals surface area (Å²) >= 11 is 0. The maximum atomic E-state index is 12.0. The van der Waals surface area contributed by atoms with Crippen LogP contribution in [-0.2, 0) is 11.2 Å². The maximum absolute atomic E-state index is 12.0. The average molecular weight is 277 g/mol. The van der Waals surface area contributed by atoms with Crippen molar-refractivity contribution in [3.63, 3.8) is 0 Å². The summed E-state index contributed by atoms with van der Waals surface area (Å²) in [4.78, 5) is 0. The number of rotatable bonds is 6. The molecule has 1 rings (SSSR count). The van der Waals surface area contributed by atoms with Crippen LogP contribution in [0.25, 0.3) is 0 Å². The Morgan fingerprint density at radius 2 is 1.79 bits per heavy atom. The zero-order chi connectivity index (χ0) is 14.5. The molecule has 0 aliphatic heterocycles. The minimum atomic E-state index is -4.66. The van der Waals surface area contributed by atoms with Gasteiger partial charge in [-0.15, -0.1) is 13.2 Å². The van der Waals surface area contributed by atoms with Crippen LogP contribution in [0, 0.1) is 0 Å². The van der Waals surface area contributed by atoms with Gasteiger partial charge in [-0.05, 0) is 37.5 Å². The molecule has 0 heterocycles. The molecule has 6 heteroatoms. The molecule has 2 atom stereocenters. The first kappa shape index (κ1) is 15.8. The molecule has 0 aliphatic rings. The largest absolute Gasteiger partial charge is 0.573 e. The molecule has 0 radical (unpaired) electrons. The Bertz CT molecular complexity index is 378. The lowest BCUT2D eigenvalue weighted by Crippen LogP contribution is -2.27. The molecule has 0 bridgehead atoms. The fourth-order valence-corrected chi connectivity index (χ4v) is 1.74. The second-order valence-corrected chi connectivity index (χ2v) is 4.44. The molecular formula is C13H18F3NO2. The maximum Gasteiger partial charge on any atom is 0.573 e. The Morgan fingerprint density at radius 3 is 2.26 bits per heavy atom. The normalized spacial score (nSPS) is 15.1. The fourth-order valence-electron chi connectivity index (χ4n) is 1.74. The lowest BCUT2D eigenvalue weighted by molar-refractivity contribution is -0.274. The quantitative estimate of drug-likeness (QED) is 0.869. The van der Waals surface area contributed by atoms with Gasteiger partial charge in [-0.1, -0.05) is 12.1 Å².